The molecule has 0 spiro atoms. The quantitative estimate of drug-likeness (QED) is 0.723. The lowest BCUT2D eigenvalue weighted by molar-refractivity contribution is 0.833. The van der Waals surface area contributed by atoms with Crippen molar-refractivity contribution < 1.29 is 0 Å². The lowest BCUT2D eigenvalue weighted by atomic mass is 10.2. The van der Waals surface area contributed by atoms with Crippen LogP contribution in [0.1, 0.15) is 23.3 Å². The molecule has 4 nitrogen and oxygen atoms in total. The maximum absolute atomic E-state index is 4.48. The van der Waals surface area contributed by atoms with Crippen LogP contribution in [0, 0.1) is 0 Å². The normalized spacial score (nSPS) is 11.6. The van der Waals surface area contributed by atoms with Crippen molar-refractivity contribution in [2.75, 3.05) is 0 Å². The Morgan fingerprint density at radius 3 is 2.78 bits per heavy atom. The van der Waals surface area contributed by atoms with Gasteiger partial charge < -0.3 is 0 Å². The van der Waals surface area contributed by atoms with E-state index < -0.39 is 0 Å². The molecule has 0 aliphatic carbocycles. The van der Waals surface area contributed by atoms with Crippen LogP contribution in [0.5, 0.6) is 0 Å². The van der Waals surface area contributed by atoms with E-state index in [0.717, 1.165) is 22.2 Å². The van der Waals surface area contributed by atoms with E-state index in [1.807, 2.05) is 28.8 Å². The van der Waals surface area contributed by atoms with E-state index >= 15 is 0 Å². The lowest BCUT2D eigenvalue weighted by Gasteiger charge is -1.89. The largest absolute Gasteiger partial charge is 0.234 e. The van der Waals surface area contributed by atoms with Crippen LogP contribution >= 0.6 is 11.3 Å². The van der Waals surface area contributed by atoms with E-state index in [-0.39, 0.29) is 0 Å². The average molecular weight is 256 g/mol. The van der Waals surface area contributed by atoms with Crippen molar-refractivity contribution >= 4 is 28.4 Å². The second-order valence-corrected chi connectivity index (χ2v) is 4.84. The van der Waals surface area contributed by atoms with Gasteiger partial charge in [-0.15, -0.1) is 10.2 Å². The fourth-order valence-electron chi connectivity index (χ4n) is 1.69. The van der Waals surface area contributed by atoms with Gasteiger partial charge in [0.25, 0.3) is 0 Å². The first-order chi connectivity index (χ1) is 8.86. The number of benzene rings is 1. The van der Waals surface area contributed by atoms with Gasteiger partial charge in [-0.2, -0.15) is 9.61 Å². The van der Waals surface area contributed by atoms with E-state index in [1.165, 1.54) is 5.56 Å². The Bertz CT molecular complexity index is 681. The molecule has 0 atom stereocenters. The predicted octanol–water partition coefficient (Wildman–Crippen LogP) is 2.92. The molecule has 0 unspecified atom stereocenters. The van der Waals surface area contributed by atoms with Crippen LogP contribution in [0.15, 0.2) is 30.3 Å². The number of nitrogens with zero attached hydrogens (tertiary/aromatic N) is 4. The highest BCUT2D eigenvalue weighted by Crippen LogP contribution is 2.16. The second-order valence-electron chi connectivity index (χ2n) is 3.85. The first kappa shape index (κ1) is 11.1. The molecule has 0 saturated heterocycles. The molecule has 0 radical (unpaired) electrons. The molecule has 0 bridgehead atoms. The van der Waals surface area contributed by atoms with Crippen LogP contribution in [0.4, 0.5) is 0 Å². The van der Waals surface area contributed by atoms with Crippen LogP contribution in [-0.2, 0) is 6.42 Å². The van der Waals surface area contributed by atoms with Crippen LogP contribution in [0.2, 0.25) is 0 Å². The van der Waals surface area contributed by atoms with Gasteiger partial charge in [-0.05, 0) is 11.6 Å². The Morgan fingerprint density at radius 1 is 1.17 bits per heavy atom. The maximum atomic E-state index is 4.48. The van der Waals surface area contributed by atoms with Gasteiger partial charge in [0, 0.05) is 6.42 Å². The van der Waals surface area contributed by atoms with Gasteiger partial charge in [0.1, 0.15) is 5.01 Å². The summed E-state index contributed by atoms with van der Waals surface area (Å²) in [6, 6.07) is 10.2. The summed E-state index contributed by atoms with van der Waals surface area (Å²) >= 11 is 1.54. The Balaban J connectivity index is 1.91. The van der Waals surface area contributed by atoms with Crippen molar-refractivity contribution in [1.82, 2.24) is 19.8 Å². The maximum Gasteiger partial charge on any atom is 0.234 e. The highest BCUT2D eigenvalue weighted by Gasteiger charge is 2.07. The zero-order chi connectivity index (χ0) is 12.4. The van der Waals surface area contributed by atoms with Gasteiger partial charge >= 0.3 is 0 Å². The predicted molar refractivity (Wildman–Crippen MR) is 73.4 cm³/mol. The monoisotopic (exact) mass is 256 g/mol. The van der Waals surface area contributed by atoms with Crippen molar-refractivity contribution in [3.8, 4) is 0 Å². The molecule has 1 aromatic carbocycles. The fraction of sp³-hybridized carbons (Fsp3) is 0.154. The number of rotatable bonds is 3. The molecule has 2 aromatic heterocycles. The van der Waals surface area contributed by atoms with Gasteiger partial charge in [0.15, 0.2) is 5.82 Å². The highest BCUT2D eigenvalue weighted by atomic mass is 32.1. The van der Waals surface area contributed by atoms with E-state index in [9.17, 15) is 0 Å². The smallest absolute Gasteiger partial charge is 0.187 e. The lowest BCUT2D eigenvalue weighted by Crippen LogP contribution is -1.92. The summed E-state index contributed by atoms with van der Waals surface area (Å²) in [4.78, 5) is 0.847. The molecule has 3 aromatic rings. The second kappa shape index (κ2) is 4.70. The molecule has 0 fully saturated rings. The summed E-state index contributed by atoms with van der Waals surface area (Å²) in [7, 11) is 0. The zero-order valence-corrected chi connectivity index (χ0v) is 10.8. The van der Waals surface area contributed by atoms with Crippen molar-refractivity contribution in [3.63, 3.8) is 0 Å². The van der Waals surface area contributed by atoms with Crippen molar-refractivity contribution in [2.45, 2.75) is 13.3 Å². The Hall–Kier alpha value is -2.01. The van der Waals surface area contributed by atoms with Crippen LogP contribution < -0.4 is 0 Å². The number of hydrogen-bond donors (Lipinski definition) is 0. The van der Waals surface area contributed by atoms with Crippen molar-refractivity contribution in [2.24, 2.45) is 0 Å². The molecule has 0 aliphatic heterocycles. The molecule has 5 heteroatoms. The summed E-state index contributed by atoms with van der Waals surface area (Å²) in [6.07, 6.45) is 4.90. The highest BCUT2D eigenvalue weighted by molar-refractivity contribution is 7.17. The van der Waals surface area contributed by atoms with E-state index in [4.69, 9.17) is 0 Å². The van der Waals surface area contributed by atoms with Crippen molar-refractivity contribution in [3.05, 3.63) is 46.7 Å². The summed E-state index contributed by atoms with van der Waals surface area (Å²) in [5, 5.41) is 13.6. The summed E-state index contributed by atoms with van der Waals surface area (Å²) in [5.74, 6) is 0.903. The molecule has 2 heterocycles. The summed E-state index contributed by atoms with van der Waals surface area (Å²) in [5.41, 5.74) is 1.17. The molecule has 0 amide bonds. The fourth-order valence-corrected chi connectivity index (χ4v) is 2.45. The van der Waals surface area contributed by atoms with Gasteiger partial charge in [-0.1, -0.05) is 54.7 Å². The number of hydrogen-bond acceptors (Lipinski definition) is 4. The average Bonchev–Trinajstić information content (AvgIpc) is 2.97. The Labute approximate surface area is 109 Å². The third-order valence-corrected chi connectivity index (χ3v) is 3.47. The molecular formula is C13H12N4S. The first-order valence-corrected chi connectivity index (χ1v) is 6.62. The first-order valence-electron chi connectivity index (χ1n) is 5.81. The minimum Gasteiger partial charge on any atom is -0.187 e. The molecule has 0 aliphatic rings. The van der Waals surface area contributed by atoms with Crippen LogP contribution in [0.25, 0.3) is 17.1 Å². The van der Waals surface area contributed by atoms with Gasteiger partial charge in [-0.3, -0.25) is 0 Å². The number of fused-ring (bicyclic) bond motifs is 1. The van der Waals surface area contributed by atoms with E-state index in [1.54, 1.807) is 11.3 Å². The number of aromatic nitrogens is 4. The summed E-state index contributed by atoms with van der Waals surface area (Å²) < 4.78 is 1.81. The minimum absolute atomic E-state index is 0.840. The Morgan fingerprint density at radius 2 is 2.00 bits per heavy atom. The molecule has 0 N–H and O–H groups in total. The minimum atomic E-state index is 0.840. The van der Waals surface area contributed by atoms with E-state index in [2.05, 4.69) is 40.4 Å². The molecule has 3 rings (SSSR count). The van der Waals surface area contributed by atoms with Gasteiger partial charge in [0.05, 0.1) is 0 Å². The zero-order valence-electron chi connectivity index (χ0n) is 9.95. The standard InChI is InChI=1S/C13H12N4S/c1-2-11-14-15-13-17(11)16-12(18-13)9-8-10-6-4-3-5-7-10/h3-9H,2H2,1H3. The molecule has 18 heavy (non-hydrogen) atoms. The molecule has 90 valence electrons. The summed E-state index contributed by atoms with van der Waals surface area (Å²) in [6.45, 7) is 2.05. The topological polar surface area (TPSA) is 43.1 Å². The van der Waals surface area contributed by atoms with Crippen LogP contribution in [0.3, 0.4) is 0 Å². The third-order valence-electron chi connectivity index (χ3n) is 2.61. The van der Waals surface area contributed by atoms with E-state index in [0.29, 0.717) is 0 Å². The van der Waals surface area contributed by atoms with Crippen LogP contribution in [-0.4, -0.2) is 19.8 Å². The number of aryl methyl sites for hydroxylation is 1. The van der Waals surface area contributed by atoms with Gasteiger partial charge in [0.2, 0.25) is 4.96 Å². The van der Waals surface area contributed by atoms with Gasteiger partial charge in [-0.25, -0.2) is 0 Å². The Kier molecular flexibility index (Phi) is 2.90. The SMILES string of the molecule is CCc1nnc2sc(C=Cc3ccccc3)nn12. The molecular weight excluding hydrogens is 244 g/mol. The van der Waals surface area contributed by atoms with Crippen molar-refractivity contribution in [1.29, 1.82) is 0 Å². The third kappa shape index (κ3) is 2.04. The molecule has 0 saturated carbocycles.